The van der Waals surface area contributed by atoms with E-state index < -0.39 is 0 Å². The molecule has 3 heterocycles. The average molecular weight is 402 g/mol. The van der Waals surface area contributed by atoms with Gasteiger partial charge < -0.3 is 14.7 Å². The topological polar surface area (TPSA) is 43.9 Å². The van der Waals surface area contributed by atoms with Crippen molar-refractivity contribution in [2.45, 2.75) is 65.2 Å². The normalized spacial score (nSPS) is 30.1. The molecule has 5 heteroatoms. The van der Waals surface area contributed by atoms with E-state index in [2.05, 4.69) is 29.7 Å². The number of rotatable bonds is 4. The third-order valence-corrected chi connectivity index (χ3v) is 8.12. The molecule has 29 heavy (non-hydrogen) atoms. The molecule has 0 saturated carbocycles. The monoisotopic (exact) mass is 401 g/mol. The van der Waals surface area contributed by atoms with Crippen LogP contribution in [0.1, 0.15) is 65.2 Å². The summed E-state index contributed by atoms with van der Waals surface area (Å²) in [6, 6.07) is 0. The van der Waals surface area contributed by atoms with Crippen molar-refractivity contribution in [1.29, 1.82) is 0 Å². The molecule has 1 atom stereocenters. The van der Waals surface area contributed by atoms with E-state index in [9.17, 15) is 9.59 Å². The molecule has 0 radical (unpaired) electrons. The van der Waals surface area contributed by atoms with Crippen LogP contribution < -0.4 is 0 Å². The second kappa shape index (κ2) is 8.05. The summed E-state index contributed by atoms with van der Waals surface area (Å²) < 4.78 is 0. The predicted octanol–water partition coefficient (Wildman–Crippen LogP) is 3.31. The highest BCUT2D eigenvalue weighted by Gasteiger charge is 2.64. The lowest BCUT2D eigenvalue weighted by molar-refractivity contribution is -0.143. The maximum Gasteiger partial charge on any atom is 0.230 e. The molecule has 4 rings (SSSR count). The average Bonchev–Trinajstić information content (AvgIpc) is 3.14. The number of piperidine rings is 1. The van der Waals surface area contributed by atoms with Crippen LogP contribution in [0.25, 0.3) is 0 Å². The van der Waals surface area contributed by atoms with Gasteiger partial charge in [0.15, 0.2) is 0 Å². The fraction of sp³-hybridized carbons (Fsp3) is 0.833. The van der Waals surface area contributed by atoms with Gasteiger partial charge in [0.05, 0.1) is 5.41 Å². The first-order valence-electron chi connectivity index (χ1n) is 11.8. The minimum atomic E-state index is -0.225. The van der Waals surface area contributed by atoms with Gasteiger partial charge in [0.2, 0.25) is 11.8 Å². The van der Waals surface area contributed by atoms with Gasteiger partial charge >= 0.3 is 0 Å². The summed E-state index contributed by atoms with van der Waals surface area (Å²) >= 11 is 0. The lowest BCUT2D eigenvalue weighted by Crippen LogP contribution is -2.53. The molecule has 0 N–H and O–H groups in total. The fourth-order valence-electron chi connectivity index (χ4n) is 6.59. The van der Waals surface area contributed by atoms with E-state index >= 15 is 0 Å². The number of fused-ring (bicyclic) bond motifs is 1. The quantitative estimate of drug-likeness (QED) is 0.679. The molecule has 3 fully saturated rings. The van der Waals surface area contributed by atoms with Gasteiger partial charge in [-0.3, -0.25) is 9.59 Å². The lowest BCUT2D eigenvalue weighted by atomic mass is 9.60. The molecule has 3 aliphatic heterocycles. The number of nitrogens with zero attached hydrogens (tertiary/aromatic N) is 3. The Morgan fingerprint density at radius 3 is 2.45 bits per heavy atom. The van der Waals surface area contributed by atoms with Crippen molar-refractivity contribution < 1.29 is 9.59 Å². The van der Waals surface area contributed by atoms with Crippen molar-refractivity contribution in [3.05, 3.63) is 11.6 Å². The lowest BCUT2D eigenvalue weighted by Gasteiger charge is -2.47. The molecule has 0 aromatic heterocycles. The zero-order chi connectivity index (χ0) is 20.6. The van der Waals surface area contributed by atoms with E-state index in [-0.39, 0.29) is 10.8 Å². The highest BCUT2D eigenvalue weighted by molar-refractivity contribution is 5.86. The molecule has 162 valence electrons. The summed E-state index contributed by atoms with van der Waals surface area (Å²) in [5.74, 6) is 1.27. The Bertz CT molecular complexity index is 678. The van der Waals surface area contributed by atoms with Crippen molar-refractivity contribution >= 4 is 11.8 Å². The number of hydrogen-bond donors (Lipinski definition) is 0. The Labute approximate surface area is 176 Å². The van der Waals surface area contributed by atoms with Crippen LogP contribution in [0, 0.1) is 16.7 Å². The molecular weight excluding hydrogens is 362 g/mol. The van der Waals surface area contributed by atoms with Crippen LogP contribution in [0.15, 0.2) is 11.6 Å². The maximum absolute atomic E-state index is 13.3. The molecule has 0 bridgehead atoms. The standard InChI is InChI=1S/C24H39N3O2/c1-19(2)16-26-17-23(24(18-26)11-12-25(3)22(24)29)9-13-27(14-10-23)21(28)15-20-7-5-4-6-8-20/h7,19H,4-6,8-18H2,1-3H3. The Hall–Kier alpha value is -1.36. The zero-order valence-electron chi connectivity index (χ0n) is 18.7. The first-order chi connectivity index (χ1) is 13.9. The van der Waals surface area contributed by atoms with Gasteiger partial charge in [0.25, 0.3) is 0 Å². The summed E-state index contributed by atoms with van der Waals surface area (Å²) in [4.78, 5) is 32.8. The van der Waals surface area contributed by atoms with E-state index in [4.69, 9.17) is 0 Å². The number of allylic oxidation sites excluding steroid dienone is 1. The van der Waals surface area contributed by atoms with Crippen LogP contribution in [0.2, 0.25) is 0 Å². The van der Waals surface area contributed by atoms with Gasteiger partial charge in [-0.05, 0) is 50.9 Å². The molecule has 1 aliphatic carbocycles. The van der Waals surface area contributed by atoms with Gasteiger partial charge in [-0.2, -0.15) is 0 Å². The summed E-state index contributed by atoms with van der Waals surface area (Å²) in [5, 5.41) is 0. The second-order valence-corrected chi connectivity index (χ2v) is 10.6. The van der Waals surface area contributed by atoms with Crippen LogP contribution in [-0.4, -0.2) is 72.8 Å². The van der Waals surface area contributed by atoms with E-state index in [1.165, 1.54) is 18.4 Å². The predicted molar refractivity (Wildman–Crippen MR) is 115 cm³/mol. The van der Waals surface area contributed by atoms with Crippen molar-refractivity contribution in [3.63, 3.8) is 0 Å². The summed E-state index contributed by atoms with van der Waals surface area (Å²) in [6.07, 6.45) is 10.6. The number of amides is 2. The smallest absolute Gasteiger partial charge is 0.230 e. The molecule has 0 aromatic carbocycles. The third-order valence-electron chi connectivity index (χ3n) is 8.12. The Kier molecular flexibility index (Phi) is 5.80. The van der Waals surface area contributed by atoms with Crippen molar-refractivity contribution in [3.8, 4) is 0 Å². The van der Waals surface area contributed by atoms with Gasteiger partial charge in [-0.15, -0.1) is 0 Å². The van der Waals surface area contributed by atoms with Crippen LogP contribution >= 0.6 is 0 Å². The SMILES string of the molecule is CC(C)CN1CC2(CCN(C(=O)CC3=CCCCC3)CC2)C2(CCN(C)C2=O)C1. The van der Waals surface area contributed by atoms with Crippen LogP contribution in [-0.2, 0) is 9.59 Å². The van der Waals surface area contributed by atoms with E-state index in [1.807, 2.05) is 11.9 Å². The second-order valence-electron chi connectivity index (χ2n) is 10.6. The van der Waals surface area contributed by atoms with Gasteiger partial charge in [0, 0.05) is 58.2 Å². The first-order valence-corrected chi connectivity index (χ1v) is 11.8. The fourth-order valence-corrected chi connectivity index (χ4v) is 6.59. The Balaban J connectivity index is 1.46. The minimum Gasteiger partial charge on any atom is -0.345 e. The van der Waals surface area contributed by atoms with Crippen molar-refractivity contribution in [2.24, 2.45) is 16.7 Å². The van der Waals surface area contributed by atoms with E-state index in [0.717, 1.165) is 71.4 Å². The number of carbonyl (C=O) groups is 2. The largest absolute Gasteiger partial charge is 0.345 e. The van der Waals surface area contributed by atoms with Crippen LogP contribution in [0.3, 0.4) is 0 Å². The van der Waals surface area contributed by atoms with E-state index in [0.29, 0.717) is 24.2 Å². The van der Waals surface area contributed by atoms with Gasteiger partial charge in [0.1, 0.15) is 0 Å². The molecular formula is C24H39N3O2. The third kappa shape index (κ3) is 3.75. The summed E-state index contributed by atoms with van der Waals surface area (Å²) in [7, 11) is 1.96. The highest BCUT2D eigenvalue weighted by Crippen LogP contribution is 2.57. The molecule has 1 unspecified atom stereocenters. The van der Waals surface area contributed by atoms with Gasteiger partial charge in [-0.1, -0.05) is 25.5 Å². The van der Waals surface area contributed by atoms with Crippen molar-refractivity contribution in [1.82, 2.24) is 14.7 Å². The maximum atomic E-state index is 13.3. The Morgan fingerprint density at radius 2 is 1.86 bits per heavy atom. The first kappa shape index (κ1) is 20.9. The highest BCUT2D eigenvalue weighted by atomic mass is 16.2. The number of hydrogen-bond acceptors (Lipinski definition) is 3. The minimum absolute atomic E-state index is 0.0462. The molecule has 4 aliphatic rings. The molecule has 2 amide bonds. The summed E-state index contributed by atoms with van der Waals surface area (Å²) in [5.41, 5.74) is 1.16. The molecule has 3 saturated heterocycles. The molecule has 5 nitrogen and oxygen atoms in total. The number of likely N-dealkylation sites (tertiary alicyclic amines) is 3. The van der Waals surface area contributed by atoms with Crippen LogP contribution in [0.4, 0.5) is 0 Å². The van der Waals surface area contributed by atoms with Crippen molar-refractivity contribution in [2.75, 3.05) is 46.3 Å². The van der Waals surface area contributed by atoms with E-state index in [1.54, 1.807) is 0 Å². The zero-order valence-corrected chi connectivity index (χ0v) is 18.7. The Morgan fingerprint density at radius 1 is 1.10 bits per heavy atom. The summed E-state index contributed by atoms with van der Waals surface area (Å²) in [6.45, 7) is 10.1. The van der Waals surface area contributed by atoms with Crippen LogP contribution in [0.5, 0.6) is 0 Å². The van der Waals surface area contributed by atoms with Gasteiger partial charge in [-0.25, -0.2) is 0 Å². The number of carbonyl (C=O) groups excluding carboxylic acids is 2. The molecule has 2 spiro atoms. The molecule has 0 aromatic rings.